The van der Waals surface area contributed by atoms with Crippen LogP contribution in [0.2, 0.25) is 0 Å². The maximum Gasteiger partial charge on any atom is 0.525 e. The van der Waals surface area contributed by atoms with Crippen LogP contribution in [0.3, 0.4) is 0 Å². The second-order valence-corrected chi connectivity index (χ2v) is 6.16. The van der Waals surface area contributed by atoms with Crippen molar-refractivity contribution < 1.29 is 18.8 Å². The van der Waals surface area contributed by atoms with Crippen LogP contribution in [0, 0.1) is 6.92 Å². The summed E-state index contributed by atoms with van der Waals surface area (Å²) in [6.45, 7) is 9.28. The molecular formula is C15H20BFO3. The average molecular weight is 278 g/mol. The van der Waals surface area contributed by atoms with Gasteiger partial charge in [-0.2, -0.15) is 0 Å². The molecule has 0 unspecified atom stereocenters. The van der Waals surface area contributed by atoms with Crippen molar-refractivity contribution in [1.82, 2.24) is 0 Å². The fourth-order valence-electron chi connectivity index (χ4n) is 1.95. The standard InChI is InChI=1S/C15H20BFO3/c1-10-8-11(6-7-12(10)18)9-13(17)16-19-14(2,3)15(4,5)20-16/h6-9,18H,1-5H3. The van der Waals surface area contributed by atoms with Gasteiger partial charge in [0.1, 0.15) is 11.5 Å². The lowest BCUT2D eigenvalue weighted by Gasteiger charge is -2.32. The fourth-order valence-corrected chi connectivity index (χ4v) is 1.95. The van der Waals surface area contributed by atoms with Gasteiger partial charge in [-0.1, -0.05) is 6.07 Å². The van der Waals surface area contributed by atoms with Crippen LogP contribution in [-0.2, 0) is 9.31 Å². The molecule has 2 rings (SSSR count). The molecule has 1 fully saturated rings. The number of hydrogen-bond donors (Lipinski definition) is 1. The topological polar surface area (TPSA) is 38.7 Å². The Kier molecular flexibility index (Phi) is 3.69. The monoisotopic (exact) mass is 278 g/mol. The first-order valence-electron chi connectivity index (χ1n) is 6.65. The third-order valence-corrected chi connectivity index (χ3v) is 4.00. The van der Waals surface area contributed by atoms with E-state index in [1.165, 1.54) is 6.08 Å². The highest BCUT2D eigenvalue weighted by atomic mass is 19.1. The van der Waals surface area contributed by atoms with Gasteiger partial charge < -0.3 is 14.4 Å². The molecule has 1 aromatic rings. The lowest BCUT2D eigenvalue weighted by atomic mass is 9.86. The molecule has 0 aliphatic carbocycles. The maximum absolute atomic E-state index is 14.3. The van der Waals surface area contributed by atoms with Crippen molar-refractivity contribution in [3.8, 4) is 5.75 Å². The molecule has 5 heteroatoms. The Morgan fingerprint density at radius 2 is 1.75 bits per heavy atom. The minimum Gasteiger partial charge on any atom is -0.508 e. The predicted octanol–water partition coefficient (Wildman–Crippen LogP) is 3.64. The van der Waals surface area contributed by atoms with Crippen LogP contribution in [0.1, 0.15) is 38.8 Å². The van der Waals surface area contributed by atoms with Crippen LogP contribution < -0.4 is 0 Å². The highest BCUT2D eigenvalue weighted by Gasteiger charge is 2.53. The average Bonchev–Trinajstić information content (AvgIpc) is 2.53. The third kappa shape index (κ3) is 2.74. The van der Waals surface area contributed by atoms with E-state index in [9.17, 15) is 9.50 Å². The number of benzene rings is 1. The number of phenols is 1. The number of halogens is 1. The molecule has 0 spiro atoms. The van der Waals surface area contributed by atoms with E-state index in [-0.39, 0.29) is 5.75 Å². The van der Waals surface area contributed by atoms with Crippen molar-refractivity contribution in [2.75, 3.05) is 0 Å². The molecule has 1 aliphatic heterocycles. The summed E-state index contributed by atoms with van der Waals surface area (Å²) < 4.78 is 25.5. The van der Waals surface area contributed by atoms with Crippen molar-refractivity contribution in [3.63, 3.8) is 0 Å². The lowest BCUT2D eigenvalue weighted by molar-refractivity contribution is 0.00578. The second-order valence-electron chi connectivity index (χ2n) is 6.16. The molecule has 1 saturated heterocycles. The second kappa shape index (κ2) is 4.90. The van der Waals surface area contributed by atoms with Crippen molar-refractivity contribution in [2.45, 2.75) is 45.8 Å². The van der Waals surface area contributed by atoms with E-state index in [0.717, 1.165) is 0 Å². The van der Waals surface area contributed by atoms with E-state index < -0.39 is 24.0 Å². The molecule has 1 heterocycles. The lowest BCUT2D eigenvalue weighted by Crippen LogP contribution is -2.41. The number of aromatic hydroxyl groups is 1. The Labute approximate surface area is 119 Å². The first-order valence-corrected chi connectivity index (χ1v) is 6.65. The van der Waals surface area contributed by atoms with Gasteiger partial charge in [0.25, 0.3) is 0 Å². The Hall–Kier alpha value is -1.33. The van der Waals surface area contributed by atoms with Crippen LogP contribution >= 0.6 is 0 Å². The summed E-state index contributed by atoms with van der Waals surface area (Å²) in [6, 6.07) is 4.89. The number of rotatable bonds is 2. The summed E-state index contributed by atoms with van der Waals surface area (Å²) in [7, 11) is -0.992. The molecule has 20 heavy (non-hydrogen) atoms. The number of phenolic OH excluding ortho intramolecular Hbond substituents is 1. The Bertz CT molecular complexity index is 536. The molecule has 1 aromatic carbocycles. The molecule has 1 aliphatic rings. The highest BCUT2D eigenvalue weighted by molar-refractivity contribution is 6.54. The van der Waals surface area contributed by atoms with Gasteiger partial charge in [-0.25, -0.2) is 4.39 Å². The third-order valence-electron chi connectivity index (χ3n) is 4.00. The first kappa shape index (κ1) is 15.1. The van der Waals surface area contributed by atoms with E-state index in [1.807, 2.05) is 27.7 Å². The summed E-state index contributed by atoms with van der Waals surface area (Å²) >= 11 is 0. The normalized spacial score (nSPS) is 21.3. The smallest absolute Gasteiger partial charge is 0.508 e. The molecule has 0 saturated carbocycles. The molecule has 3 nitrogen and oxygen atoms in total. The van der Waals surface area contributed by atoms with Gasteiger partial charge in [-0.3, -0.25) is 0 Å². The molecular weight excluding hydrogens is 258 g/mol. The van der Waals surface area contributed by atoms with Crippen LogP contribution in [0.5, 0.6) is 5.75 Å². The summed E-state index contributed by atoms with van der Waals surface area (Å²) in [5.74, 6) is 0.193. The quantitative estimate of drug-likeness (QED) is 0.839. The summed E-state index contributed by atoms with van der Waals surface area (Å²) in [5.41, 5.74) is -0.247. The first-order chi connectivity index (χ1) is 9.12. The zero-order valence-electron chi connectivity index (χ0n) is 12.5. The van der Waals surface area contributed by atoms with E-state index in [2.05, 4.69) is 0 Å². The maximum atomic E-state index is 14.3. The van der Waals surface area contributed by atoms with Gasteiger partial charge in [0.05, 0.1) is 11.2 Å². The molecule has 1 N–H and O–H groups in total. The van der Waals surface area contributed by atoms with Gasteiger partial charge in [0.2, 0.25) is 0 Å². The van der Waals surface area contributed by atoms with Crippen molar-refractivity contribution in [2.24, 2.45) is 0 Å². The molecule has 0 amide bonds. The number of aryl methyl sites for hydroxylation is 1. The van der Waals surface area contributed by atoms with E-state index >= 15 is 0 Å². The summed E-state index contributed by atoms with van der Waals surface area (Å²) in [4.78, 5) is 0. The Morgan fingerprint density at radius 1 is 1.20 bits per heavy atom. The largest absolute Gasteiger partial charge is 0.525 e. The molecule has 0 atom stereocenters. The summed E-state index contributed by atoms with van der Waals surface area (Å²) in [6.07, 6.45) is 1.37. The molecule has 108 valence electrons. The predicted molar refractivity (Wildman–Crippen MR) is 78.0 cm³/mol. The van der Waals surface area contributed by atoms with Gasteiger partial charge >= 0.3 is 7.12 Å². The van der Waals surface area contributed by atoms with Crippen LogP contribution in [0.25, 0.3) is 6.08 Å². The highest BCUT2D eigenvalue weighted by Crippen LogP contribution is 2.39. The van der Waals surface area contributed by atoms with Crippen LogP contribution in [0.4, 0.5) is 4.39 Å². The fraction of sp³-hybridized carbons (Fsp3) is 0.467. The van der Waals surface area contributed by atoms with Gasteiger partial charge in [-0.15, -0.1) is 0 Å². The molecule has 0 radical (unpaired) electrons. The molecule has 0 aromatic heterocycles. The number of hydrogen-bond acceptors (Lipinski definition) is 3. The van der Waals surface area contributed by atoms with Crippen LogP contribution in [-0.4, -0.2) is 23.4 Å². The van der Waals surface area contributed by atoms with Gasteiger partial charge in [0.15, 0.2) is 0 Å². The molecule has 0 bridgehead atoms. The Balaban J connectivity index is 2.22. The van der Waals surface area contributed by atoms with Crippen LogP contribution in [0.15, 0.2) is 23.9 Å². The minimum absolute atomic E-state index is 0.193. The van der Waals surface area contributed by atoms with E-state index in [4.69, 9.17) is 9.31 Å². The van der Waals surface area contributed by atoms with Crippen molar-refractivity contribution >= 4 is 13.2 Å². The Morgan fingerprint density at radius 3 is 2.25 bits per heavy atom. The zero-order valence-corrected chi connectivity index (χ0v) is 12.5. The van der Waals surface area contributed by atoms with Crippen molar-refractivity contribution in [1.29, 1.82) is 0 Å². The summed E-state index contributed by atoms with van der Waals surface area (Å²) in [5, 5.41) is 9.46. The van der Waals surface area contributed by atoms with E-state index in [1.54, 1.807) is 25.1 Å². The van der Waals surface area contributed by atoms with E-state index in [0.29, 0.717) is 11.1 Å². The van der Waals surface area contributed by atoms with Crippen molar-refractivity contribution in [3.05, 3.63) is 35.1 Å². The minimum atomic E-state index is -0.992. The van der Waals surface area contributed by atoms with Gasteiger partial charge in [-0.05, 0) is 64.0 Å². The zero-order chi connectivity index (χ0) is 15.1. The van der Waals surface area contributed by atoms with Gasteiger partial charge in [0, 0.05) is 0 Å². The SMILES string of the molecule is Cc1cc(C=C(F)B2OC(C)(C)C(C)(C)O2)ccc1O.